The molecule has 3 rings (SSSR count). The van der Waals surface area contributed by atoms with Crippen molar-refractivity contribution in [3.05, 3.63) is 65.2 Å². The standard InChI is InChI=1S/C19H20N2O3S/c1-25(24)12-13-4-2-5-14(10-13)18(22)21-17-7-3-6-15(11-17)19(23)20-16-8-9-16/h2-7,10-11,16H,8-9,12H2,1H3,(H,20,23)(H,21,22). The highest BCUT2D eigenvalue weighted by molar-refractivity contribution is 7.83. The van der Waals surface area contributed by atoms with Crippen molar-refractivity contribution in [3.8, 4) is 0 Å². The van der Waals surface area contributed by atoms with E-state index in [1.807, 2.05) is 6.07 Å². The highest BCUT2D eigenvalue weighted by Gasteiger charge is 2.23. The predicted octanol–water partition coefficient (Wildman–Crippen LogP) is 2.71. The fraction of sp³-hybridized carbons (Fsp3) is 0.263. The quantitative estimate of drug-likeness (QED) is 0.836. The Kier molecular flexibility index (Phi) is 5.28. The first-order chi connectivity index (χ1) is 12.0. The van der Waals surface area contributed by atoms with Gasteiger partial charge in [-0.3, -0.25) is 13.8 Å². The summed E-state index contributed by atoms with van der Waals surface area (Å²) in [5, 5.41) is 5.74. The lowest BCUT2D eigenvalue weighted by Crippen LogP contribution is -2.25. The van der Waals surface area contributed by atoms with Crippen LogP contribution in [0.4, 0.5) is 5.69 Å². The highest BCUT2D eigenvalue weighted by atomic mass is 32.2. The van der Waals surface area contributed by atoms with E-state index in [9.17, 15) is 13.8 Å². The topological polar surface area (TPSA) is 75.3 Å². The van der Waals surface area contributed by atoms with Gasteiger partial charge in [0.25, 0.3) is 11.8 Å². The van der Waals surface area contributed by atoms with Gasteiger partial charge in [0, 0.05) is 45.7 Å². The molecular weight excluding hydrogens is 336 g/mol. The molecule has 1 atom stereocenters. The van der Waals surface area contributed by atoms with E-state index in [1.54, 1.807) is 48.7 Å². The summed E-state index contributed by atoms with van der Waals surface area (Å²) in [5.74, 6) is 0.0345. The Bertz CT molecular complexity index is 831. The molecule has 2 aromatic carbocycles. The molecule has 130 valence electrons. The van der Waals surface area contributed by atoms with Gasteiger partial charge in [0.2, 0.25) is 0 Å². The third kappa shape index (κ3) is 5.00. The number of hydrogen-bond donors (Lipinski definition) is 2. The molecule has 0 radical (unpaired) electrons. The third-order valence-electron chi connectivity index (χ3n) is 3.85. The van der Waals surface area contributed by atoms with Gasteiger partial charge in [-0.15, -0.1) is 0 Å². The molecule has 5 nitrogen and oxygen atoms in total. The molecule has 1 aliphatic rings. The second-order valence-corrected chi connectivity index (χ2v) is 7.64. The lowest BCUT2D eigenvalue weighted by molar-refractivity contribution is 0.0949. The number of anilines is 1. The second-order valence-electron chi connectivity index (χ2n) is 6.20. The Morgan fingerprint density at radius 1 is 1.04 bits per heavy atom. The van der Waals surface area contributed by atoms with Crippen molar-refractivity contribution in [2.45, 2.75) is 24.6 Å². The van der Waals surface area contributed by atoms with Crippen molar-refractivity contribution in [2.75, 3.05) is 11.6 Å². The minimum atomic E-state index is -0.961. The van der Waals surface area contributed by atoms with E-state index < -0.39 is 10.8 Å². The van der Waals surface area contributed by atoms with E-state index in [0.29, 0.717) is 22.6 Å². The van der Waals surface area contributed by atoms with Gasteiger partial charge in [0.05, 0.1) is 0 Å². The predicted molar refractivity (Wildman–Crippen MR) is 99.1 cm³/mol. The monoisotopic (exact) mass is 356 g/mol. The van der Waals surface area contributed by atoms with E-state index in [4.69, 9.17) is 0 Å². The zero-order chi connectivity index (χ0) is 17.8. The molecule has 2 aromatic rings. The molecule has 1 saturated carbocycles. The largest absolute Gasteiger partial charge is 0.349 e. The summed E-state index contributed by atoms with van der Waals surface area (Å²) in [6.45, 7) is 0. The minimum Gasteiger partial charge on any atom is -0.349 e. The molecular formula is C19H20N2O3S. The smallest absolute Gasteiger partial charge is 0.255 e. The zero-order valence-electron chi connectivity index (χ0n) is 14.0. The first-order valence-electron chi connectivity index (χ1n) is 8.12. The van der Waals surface area contributed by atoms with Crippen LogP contribution in [0.5, 0.6) is 0 Å². The van der Waals surface area contributed by atoms with Crippen molar-refractivity contribution >= 4 is 28.3 Å². The fourth-order valence-corrected chi connectivity index (χ4v) is 3.12. The SMILES string of the molecule is CS(=O)Cc1cccc(C(=O)Nc2cccc(C(=O)NC3CC3)c2)c1. The molecule has 2 amide bonds. The molecule has 1 aliphatic carbocycles. The molecule has 0 spiro atoms. The maximum absolute atomic E-state index is 12.4. The molecule has 1 fully saturated rings. The molecule has 0 aliphatic heterocycles. The van der Waals surface area contributed by atoms with E-state index in [-0.39, 0.29) is 17.9 Å². The van der Waals surface area contributed by atoms with Crippen molar-refractivity contribution in [1.82, 2.24) is 5.32 Å². The van der Waals surface area contributed by atoms with Gasteiger partial charge in [-0.2, -0.15) is 0 Å². The average molecular weight is 356 g/mol. The van der Waals surface area contributed by atoms with Crippen LogP contribution < -0.4 is 10.6 Å². The summed E-state index contributed by atoms with van der Waals surface area (Å²) in [5.41, 5.74) is 2.44. The zero-order valence-corrected chi connectivity index (χ0v) is 14.8. The third-order valence-corrected chi connectivity index (χ3v) is 4.59. The average Bonchev–Trinajstić information content (AvgIpc) is 3.38. The van der Waals surface area contributed by atoms with Gasteiger partial charge in [0.15, 0.2) is 0 Å². The Morgan fingerprint density at radius 3 is 2.40 bits per heavy atom. The van der Waals surface area contributed by atoms with E-state index in [1.165, 1.54) is 0 Å². The van der Waals surface area contributed by atoms with Crippen molar-refractivity contribution in [2.24, 2.45) is 0 Å². The summed E-state index contributed by atoms with van der Waals surface area (Å²) in [4.78, 5) is 24.5. The maximum atomic E-state index is 12.4. The molecule has 25 heavy (non-hydrogen) atoms. The van der Waals surface area contributed by atoms with Crippen molar-refractivity contribution < 1.29 is 13.8 Å². The van der Waals surface area contributed by atoms with Crippen LogP contribution in [-0.4, -0.2) is 28.3 Å². The number of nitrogens with one attached hydrogen (secondary N) is 2. The van der Waals surface area contributed by atoms with Gasteiger partial charge < -0.3 is 10.6 Å². The number of carbonyl (C=O) groups is 2. The van der Waals surface area contributed by atoms with Crippen LogP contribution in [0.3, 0.4) is 0 Å². The molecule has 1 unspecified atom stereocenters. The molecule has 0 bridgehead atoms. The van der Waals surface area contributed by atoms with Crippen LogP contribution >= 0.6 is 0 Å². The number of hydrogen-bond acceptors (Lipinski definition) is 3. The van der Waals surface area contributed by atoms with Crippen LogP contribution in [0.15, 0.2) is 48.5 Å². The first kappa shape index (κ1) is 17.4. The summed E-state index contributed by atoms with van der Waals surface area (Å²) in [6.07, 6.45) is 3.69. The minimum absolute atomic E-state index is 0.119. The van der Waals surface area contributed by atoms with Gasteiger partial charge in [-0.25, -0.2) is 0 Å². The lowest BCUT2D eigenvalue weighted by atomic mass is 10.1. The van der Waals surface area contributed by atoms with E-state index in [0.717, 1.165) is 18.4 Å². The van der Waals surface area contributed by atoms with E-state index >= 15 is 0 Å². The first-order valence-corrected chi connectivity index (χ1v) is 9.85. The van der Waals surface area contributed by atoms with Gasteiger partial charge in [-0.1, -0.05) is 18.2 Å². The summed E-state index contributed by atoms with van der Waals surface area (Å²) >= 11 is 0. The lowest BCUT2D eigenvalue weighted by Gasteiger charge is -2.09. The Balaban J connectivity index is 1.70. The summed E-state index contributed by atoms with van der Waals surface area (Å²) in [6, 6.07) is 14.2. The van der Waals surface area contributed by atoms with Crippen LogP contribution in [-0.2, 0) is 16.6 Å². The summed E-state index contributed by atoms with van der Waals surface area (Å²) < 4.78 is 11.3. The maximum Gasteiger partial charge on any atom is 0.255 e. The Labute approximate surface area is 149 Å². The van der Waals surface area contributed by atoms with Crippen LogP contribution in [0.1, 0.15) is 39.1 Å². The van der Waals surface area contributed by atoms with Crippen LogP contribution in [0.25, 0.3) is 0 Å². The molecule has 6 heteroatoms. The van der Waals surface area contributed by atoms with Crippen molar-refractivity contribution in [3.63, 3.8) is 0 Å². The molecule has 2 N–H and O–H groups in total. The van der Waals surface area contributed by atoms with Crippen molar-refractivity contribution in [1.29, 1.82) is 0 Å². The van der Waals surface area contributed by atoms with Crippen LogP contribution in [0, 0.1) is 0 Å². The highest BCUT2D eigenvalue weighted by Crippen LogP contribution is 2.20. The second kappa shape index (κ2) is 7.61. The number of amides is 2. The number of benzene rings is 2. The Hall–Kier alpha value is -2.47. The molecule has 0 aromatic heterocycles. The fourth-order valence-electron chi connectivity index (χ4n) is 2.47. The molecule has 0 heterocycles. The van der Waals surface area contributed by atoms with Gasteiger partial charge in [-0.05, 0) is 48.7 Å². The van der Waals surface area contributed by atoms with Gasteiger partial charge >= 0.3 is 0 Å². The normalized spacial score (nSPS) is 14.6. The van der Waals surface area contributed by atoms with Gasteiger partial charge in [0.1, 0.15) is 0 Å². The molecule has 0 saturated heterocycles. The number of rotatable bonds is 6. The number of carbonyl (C=O) groups excluding carboxylic acids is 2. The van der Waals surface area contributed by atoms with Crippen LogP contribution in [0.2, 0.25) is 0 Å². The Morgan fingerprint density at radius 2 is 1.72 bits per heavy atom. The van der Waals surface area contributed by atoms with E-state index in [2.05, 4.69) is 10.6 Å². The summed E-state index contributed by atoms with van der Waals surface area (Å²) in [7, 11) is -0.961.